The maximum Gasteiger partial charge on any atom is 0.291 e. The van der Waals surface area contributed by atoms with Crippen molar-refractivity contribution in [2.75, 3.05) is 0 Å². The topological polar surface area (TPSA) is 83.6 Å². The van der Waals surface area contributed by atoms with Gasteiger partial charge in [-0.25, -0.2) is 0 Å². The lowest BCUT2D eigenvalue weighted by atomic mass is 9.47. The first kappa shape index (κ1) is 25.5. The minimum atomic E-state index is -1.50. The molecule has 8 atom stereocenters. The number of fused-ring (bicyclic) bond motifs is 5. The van der Waals surface area contributed by atoms with Crippen LogP contribution in [0.1, 0.15) is 105 Å². The monoisotopic (exact) mass is 449 g/mol. The van der Waals surface area contributed by atoms with E-state index in [0.717, 1.165) is 48.3 Å². The molecule has 3 fully saturated rings. The zero-order valence-electron chi connectivity index (χ0n) is 21.1. The summed E-state index contributed by atoms with van der Waals surface area (Å²) >= 11 is 0. The van der Waals surface area contributed by atoms with Crippen LogP contribution in [-0.2, 0) is 0 Å². The van der Waals surface area contributed by atoms with Crippen molar-refractivity contribution in [3.05, 3.63) is 21.8 Å². The molecule has 0 radical (unpaired) electrons. The fourth-order valence-electron chi connectivity index (χ4n) is 8.67. The average Bonchev–Trinajstić information content (AvgIpc) is 3.05. The average molecular weight is 450 g/mol. The quantitative estimate of drug-likeness (QED) is 0.268. The lowest BCUT2D eigenvalue weighted by Crippen LogP contribution is -2.50. The number of hydrogen-bond acceptors (Lipinski definition) is 3. The van der Waals surface area contributed by atoms with Gasteiger partial charge in [0.2, 0.25) is 0 Å². The normalized spacial score (nSPS) is 41.5. The van der Waals surface area contributed by atoms with E-state index in [-0.39, 0.29) is 6.10 Å². The molecule has 5 nitrogen and oxygen atoms in total. The van der Waals surface area contributed by atoms with Gasteiger partial charge in [-0.2, -0.15) is 0 Å². The van der Waals surface area contributed by atoms with Gasteiger partial charge in [0.15, 0.2) is 0 Å². The van der Waals surface area contributed by atoms with Crippen LogP contribution in [0, 0.1) is 56.5 Å². The number of rotatable bonds is 5. The van der Waals surface area contributed by atoms with Gasteiger partial charge in [-0.15, -0.1) is 10.1 Å². The minimum absolute atomic E-state index is 0.0766. The van der Waals surface area contributed by atoms with E-state index in [4.69, 9.17) is 15.3 Å². The van der Waals surface area contributed by atoms with Crippen molar-refractivity contribution in [3.63, 3.8) is 0 Å². The standard InChI is InChI=1S/C27H46O.HNO3/c1-18(2)7-6-8-19(3)23-11-12-24-22-10-9-20-17-21(28)13-15-26(20,4)25(22)14-16-27(23,24)5;2-1(3)4/h9,18-19,21-25,28H,6-8,10-17H2,1-5H3;(H,2,3,4)/t19-,21+,22+,23-,24+,25+,26+,27-;/m1./s1. The van der Waals surface area contributed by atoms with Gasteiger partial charge in [0.05, 0.1) is 6.10 Å². The van der Waals surface area contributed by atoms with E-state index in [0.29, 0.717) is 10.8 Å². The Labute approximate surface area is 195 Å². The molecule has 32 heavy (non-hydrogen) atoms. The second-order valence-electron chi connectivity index (χ2n) is 12.4. The molecule has 0 spiro atoms. The SMILES string of the molecule is CC(C)CCC[C@@H](C)[C@H]1CC[C@H]2[C@@H]3CC=C4C[C@@H](O)CC[C@]4(C)[C@H]3CC[C@]12C.O=[N+]([O-])O. The van der Waals surface area contributed by atoms with Crippen LogP contribution < -0.4 is 0 Å². The summed E-state index contributed by atoms with van der Waals surface area (Å²) < 4.78 is 0. The smallest absolute Gasteiger partial charge is 0.291 e. The Hall–Kier alpha value is -1.10. The summed E-state index contributed by atoms with van der Waals surface area (Å²) in [7, 11) is 0. The first-order valence-corrected chi connectivity index (χ1v) is 13.2. The van der Waals surface area contributed by atoms with Crippen LogP contribution in [-0.4, -0.2) is 21.5 Å². The zero-order chi connectivity index (χ0) is 23.7. The first-order valence-electron chi connectivity index (χ1n) is 13.2. The summed E-state index contributed by atoms with van der Waals surface area (Å²) in [5.74, 6) is 5.46. The molecule has 0 unspecified atom stereocenters. The zero-order valence-corrected chi connectivity index (χ0v) is 21.1. The highest BCUT2D eigenvalue weighted by Crippen LogP contribution is 2.67. The van der Waals surface area contributed by atoms with Crippen LogP contribution in [0.25, 0.3) is 0 Å². The molecule has 4 rings (SSSR count). The van der Waals surface area contributed by atoms with Gasteiger partial charge in [0.1, 0.15) is 0 Å². The van der Waals surface area contributed by atoms with Crippen molar-refractivity contribution >= 4 is 0 Å². The molecule has 0 heterocycles. The fraction of sp³-hybridized carbons (Fsp3) is 0.926. The summed E-state index contributed by atoms with van der Waals surface area (Å²) in [6.45, 7) is 12.6. The van der Waals surface area contributed by atoms with Gasteiger partial charge in [0.25, 0.3) is 5.09 Å². The molecule has 0 aromatic carbocycles. The van der Waals surface area contributed by atoms with E-state index in [9.17, 15) is 5.11 Å². The third kappa shape index (κ3) is 5.03. The number of aliphatic hydroxyl groups is 1. The van der Waals surface area contributed by atoms with Gasteiger partial charge in [0, 0.05) is 0 Å². The third-order valence-corrected chi connectivity index (χ3v) is 10.3. The predicted octanol–water partition coefficient (Wildman–Crippen LogP) is 7.04. The van der Waals surface area contributed by atoms with Gasteiger partial charge in [-0.05, 0) is 97.7 Å². The lowest BCUT2D eigenvalue weighted by Gasteiger charge is -2.58. The maximum absolute atomic E-state index is 10.2. The van der Waals surface area contributed by atoms with E-state index in [2.05, 4.69) is 40.7 Å². The summed E-state index contributed by atoms with van der Waals surface area (Å²) in [5.41, 5.74) is 2.60. The molecule has 0 saturated heterocycles. The Morgan fingerprint density at radius 1 is 1.09 bits per heavy atom. The fourth-order valence-corrected chi connectivity index (χ4v) is 8.67. The Morgan fingerprint density at radius 2 is 1.78 bits per heavy atom. The third-order valence-electron chi connectivity index (χ3n) is 10.3. The number of allylic oxidation sites excluding steroid dienone is 1. The molecule has 4 aliphatic carbocycles. The second-order valence-corrected chi connectivity index (χ2v) is 12.4. The van der Waals surface area contributed by atoms with Crippen LogP contribution in [0.4, 0.5) is 0 Å². The largest absolute Gasteiger partial charge is 0.393 e. The van der Waals surface area contributed by atoms with Gasteiger partial charge < -0.3 is 10.3 Å². The van der Waals surface area contributed by atoms with Crippen molar-refractivity contribution in [3.8, 4) is 0 Å². The molecule has 0 bridgehead atoms. The van der Waals surface area contributed by atoms with Crippen molar-refractivity contribution in [1.82, 2.24) is 0 Å². The molecule has 4 aliphatic rings. The van der Waals surface area contributed by atoms with Crippen molar-refractivity contribution in [2.45, 2.75) is 111 Å². The highest BCUT2D eigenvalue weighted by Gasteiger charge is 2.59. The summed E-state index contributed by atoms with van der Waals surface area (Å²) in [6, 6.07) is 0. The Kier molecular flexibility index (Phi) is 8.00. The maximum atomic E-state index is 10.2. The molecular formula is C27H47NO4. The van der Waals surface area contributed by atoms with Crippen LogP contribution >= 0.6 is 0 Å². The van der Waals surface area contributed by atoms with Crippen LogP contribution in [0.5, 0.6) is 0 Å². The Morgan fingerprint density at radius 3 is 2.44 bits per heavy atom. The van der Waals surface area contributed by atoms with Crippen LogP contribution in [0.2, 0.25) is 0 Å². The highest BCUT2D eigenvalue weighted by molar-refractivity contribution is 5.25. The molecular weight excluding hydrogens is 402 g/mol. The summed E-state index contributed by atoms with van der Waals surface area (Å²) in [5, 5.41) is 23.8. The first-order chi connectivity index (χ1) is 15.0. The second kappa shape index (κ2) is 10.0. The van der Waals surface area contributed by atoms with E-state index < -0.39 is 5.09 Å². The molecule has 0 aromatic rings. The number of hydrogen-bond donors (Lipinski definition) is 2. The molecule has 3 saturated carbocycles. The Bertz CT molecular complexity index is 687. The van der Waals surface area contributed by atoms with Gasteiger partial charge in [-0.1, -0.05) is 65.5 Å². The Balaban J connectivity index is 0.000000668. The van der Waals surface area contributed by atoms with Crippen LogP contribution in [0.15, 0.2) is 11.6 Å². The molecule has 0 aromatic heterocycles. The van der Waals surface area contributed by atoms with Crippen molar-refractivity contribution in [1.29, 1.82) is 0 Å². The lowest BCUT2D eigenvalue weighted by molar-refractivity contribution is -0.742. The van der Waals surface area contributed by atoms with Crippen molar-refractivity contribution in [2.24, 2.45) is 46.3 Å². The number of nitrogens with zero attached hydrogens (tertiary/aromatic N) is 1. The van der Waals surface area contributed by atoms with E-state index in [1.165, 1.54) is 57.8 Å². The minimum Gasteiger partial charge on any atom is -0.393 e. The van der Waals surface area contributed by atoms with E-state index in [1.807, 2.05) is 0 Å². The van der Waals surface area contributed by atoms with Crippen molar-refractivity contribution < 1.29 is 15.4 Å². The number of aliphatic hydroxyl groups excluding tert-OH is 1. The molecule has 5 heteroatoms. The summed E-state index contributed by atoms with van der Waals surface area (Å²) in [6.07, 6.45) is 17.2. The molecule has 0 amide bonds. The van der Waals surface area contributed by atoms with Gasteiger partial charge >= 0.3 is 0 Å². The molecule has 184 valence electrons. The summed E-state index contributed by atoms with van der Waals surface area (Å²) in [4.78, 5) is 8.36. The van der Waals surface area contributed by atoms with E-state index >= 15 is 0 Å². The highest BCUT2D eigenvalue weighted by atomic mass is 16.9. The van der Waals surface area contributed by atoms with Gasteiger partial charge in [-0.3, -0.25) is 0 Å². The van der Waals surface area contributed by atoms with Crippen LogP contribution in [0.3, 0.4) is 0 Å². The molecule has 0 aliphatic heterocycles. The predicted molar refractivity (Wildman–Crippen MR) is 128 cm³/mol. The van der Waals surface area contributed by atoms with E-state index in [1.54, 1.807) is 5.57 Å². The molecule has 2 N–H and O–H groups in total.